The lowest BCUT2D eigenvalue weighted by Crippen LogP contribution is -2.69. The maximum atomic E-state index is 15.3. The molecule has 11 aromatic carbocycles. The molecule has 11 aromatic rings. The van der Waals surface area contributed by atoms with Crippen molar-refractivity contribution in [1.82, 2.24) is 0 Å². The van der Waals surface area contributed by atoms with Crippen LogP contribution < -0.4 is 10.4 Å². The molecular formula is C97H100O18Si. The second kappa shape index (κ2) is 41.2. The number of hydrogen-bond acceptors (Lipinski definition) is 18. The third-order valence-corrected chi connectivity index (χ3v) is 26.0. The van der Waals surface area contributed by atoms with Crippen LogP contribution in [-0.2, 0) is 117 Å². The fraction of sp³-hybridized carbons (Fsp3) is 0.299. The molecule has 3 fully saturated rings. The predicted molar refractivity (Wildman–Crippen MR) is 440 cm³/mol. The van der Waals surface area contributed by atoms with E-state index >= 15 is 4.79 Å². The minimum atomic E-state index is -3.41. The van der Waals surface area contributed by atoms with Gasteiger partial charge in [0.1, 0.15) is 61.0 Å². The van der Waals surface area contributed by atoms with E-state index < -0.39 is 124 Å². The van der Waals surface area contributed by atoms with E-state index in [4.69, 9.17) is 70.7 Å². The van der Waals surface area contributed by atoms with E-state index in [0.717, 1.165) is 49.3 Å². The van der Waals surface area contributed by atoms with Gasteiger partial charge in [-0.3, -0.25) is 0 Å². The molecule has 1 N–H and O–H groups in total. The van der Waals surface area contributed by atoms with Crippen molar-refractivity contribution in [3.05, 3.63) is 384 Å². The van der Waals surface area contributed by atoms with E-state index in [1.54, 1.807) is 48.5 Å². The lowest BCUT2D eigenvalue weighted by atomic mass is 9.95. The number of aliphatic hydroxyl groups is 1. The van der Waals surface area contributed by atoms with Gasteiger partial charge in [-0.05, 0) is 78.6 Å². The summed E-state index contributed by atoms with van der Waals surface area (Å²) < 4.78 is 108. The van der Waals surface area contributed by atoms with E-state index in [0.29, 0.717) is 0 Å². The summed E-state index contributed by atoms with van der Waals surface area (Å²) in [5.41, 5.74) is 6.35. The van der Waals surface area contributed by atoms with E-state index in [-0.39, 0.29) is 70.6 Å². The molecule has 600 valence electrons. The van der Waals surface area contributed by atoms with Crippen LogP contribution in [0.1, 0.15) is 80.4 Å². The molecule has 0 saturated carbocycles. The Kier molecular flexibility index (Phi) is 29.3. The largest absolute Gasteiger partial charge is 0.450 e. The number of aliphatic hydroxyl groups excluding tert-OH is 1. The smallest absolute Gasteiger partial charge is 0.338 e. The minimum Gasteiger partial charge on any atom is -0.450 e. The Morgan fingerprint density at radius 1 is 0.302 bits per heavy atom. The van der Waals surface area contributed by atoms with Gasteiger partial charge >= 0.3 is 11.9 Å². The topological polar surface area (TPSA) is 193 Å². The van der Waals surface area contributed by atoms with Crippen molar-refractivity contribution in [3.8, 4) is 0 Å². The zero-order chi connectivity index (χ0) is 79.7. The van der Waals surface area contributed by atoms with Gasteiger partial charge in [0.25, 0.3) is 8.32 Å². The molecule has 0 bridgehead atoms. The van der Waals surface area contributed by atoms with Crippen LogP contribution in [0.15, 0.2) is 334 Å². The highest BCUT2D eigenvalue weighted by atomic mass is 28.4. The zero-order valence-electron chi connectivity index (χ0n) is 65.4. The Labute approximate surface area is 680 Å². The van der Waals surface area contributed by atoms with Crippen LogP contribution in [-0.4, -0.2) is 137 Å². The van der Waals surface area contributed by atoms with Crippen LogP contribution in [0.2, 0.25) is 5.04 Å². The third kappa shape index (κ3) is 21.6. The van der Waals surface area contributed by atoms with Gasteiger partial charge < -0.3 is 75.8 Å². The highest BCUT2D eigenvalue weighted by molar-refractivity contribution is 6.99. The minimum absolute atomic E-state index is 0.0229. The monoisotopic (exact) mass is 1580 g/mol. The molecule has 3 aliphatic heterocycles. The summed E-state index contributed by atoms with van der Waals surface area (Å²) in [7, 11) is -3.41. The average Bonchev–Trinajstić information content (AvgIpc) is 0.780. The highest BCUT2D eigenvalue weighted by Crippen LogP contribution is 2.41. The van der Waals surface area contributed by atoms with Gasteiger partial charge in [0, 0.05) is 0 Å². The summed E-state index contributed by atoms with van der Waals surface area (Å²) >= 11 is 0. The fourth-order valence-electron chi connectivity index (χ4n) is 15.2. The molecule has 0 unspecified atom stereocenters. The molecule has 18 nitrogen and oxygen atoms in total. The molecule has 0 spiro atoms. The molecule has 14 rings (SSSR count). The molecule has 0 radical (unpaired) electrons. The Balaban J connectivity index is 0.893. The van der Waals surface area contributed by atoms with Crippen LogP contribution in [0.25, 0.3) is 0 Å². The highest BCUT2D eigenvalue weighted by Gasteiger charge is 2.58. The lowest BCUT2D eigenvalue weighted by molar-refractivity contribution is -0.374. The SMILES string of the molecule is CC(C)(C)[Si](OC[C@H]1O[C@H](O[C@@H]2[C@H](OCc3ccccc3)[C@@H](O)O[C@H](CO[C@H]3O[C@H](COCc4ccccc4)[C@@H](OCc4ccccc4)[C@H](OCc4ccccc4)[C@@H]3OC(=O)c3ccccc3)[C@H]2OCc2ccccc2)[C@@H](OC(=O)c2ccccc2)[C@@H](OCc2ccccc2)[C@@H]1OCc1ccccc1)(c1ccccc1)c1ccccc1. The summed E-state index contributed by atoms with van der Waals surface area (Å²) in [5.74, 6) is -1.40. The number of ether oxygens (including phenoxy) is 14. The summed E-state index contributed by atoms with van der Waals surface area (Å²) in [6.45, 7) is 6.47. The fourth-order valence-corrected chi connectivity index (χ4v) is 19.7. The first-order valence-electron chi connectivity index (χ1n) is 39.6. The van der Waals surface area contributed by atoms with Gasteiger partial charge in [-0.2, -0.15) is 0 Å². The second-order valence-corrected chi connectivity index (χ2v) is 34.4. The molecule has 15 atom stereocenters. The summed E-state index contributed by atoms with van der Waals surface area (Å²) in [6, 6.07) is 106. The lowest BCUT2D eigenvalue weighted by Gasteiger charge is -2.50. The van der Waals surface area contributed by atoms with Crippen LogP contribution in [0.3, 0.4) is 0 Å². The maximum absolute atomic E-state index is 15.3. The Morgan fingerprint density at radius 3 is 0.948 bits per heavy atom. The van der Waals surface area contributed by atoms with E-state index in [2.05, 4.69) is 45.0 Å². The van der Waals surface area contributed by atoms with Crippen LogP contribution >= 0.6 is 0 Å². The molecule has 19 heteroatoms. The molecule has 116 heavy (non-hydrogen) atoms. The first-order valence-corrected chi connectivity index (χ1v) is 41.5. The van der Waals surface area contributed by atoms with Crippen molar-refractivity contribution in [2.24, 2.45) is 0 Å². The molecular weight excluding hydrogens is 1480 g/mol. The van der Waals surface area contributed by atoms with Crippen molar-refractivity contribution in [2.45, 2.75) is 164 Å². The van der Waals surface area contributed by atoms with Crippen LogP contribution in [0.4, 0.5) is 0 Å². The molecule has 0 amide bonds. The van der Waals surface area contributed by atoms with Gasteiger partial charge in [-0.15, -0.1) is 0 Å². The number of rotatable bonds is 36. The first kappa shape index (κ1) is 82.5. The number of carbonyl (C=O) groups is 2. The van der Waals surface area contributed by atoms with Gasteiger partial charge in [0.05, 0.1) is 77.2 Å². The molecule has 0 aliphatic carbocycles. The Hall–Kier alpha value is -9.98. The number of hydrogen-bond donors (Lipinski definition) is 1. The normalized spacial score (nSPS) is 23.6. The third-order valence-electron chi connectivity index (χ3n) is 21.0. The Bertz CT molecular complexity index is 4650. The molecule has 3 saturated heterocycles. The van der Waals surface area contributed by atoms with Crippen LogP contribution in [0.5, 0.6) is 0 Å². The average molecular weight is 1580 g/mol. The standard InChI is InChI=1S/C97H100O18Si/c1-97(2,3)116(78-55-33-13-34-56-78,79-57-35-14-36-58-79)109-68-82-84(103-61-71-41-19-6-20-42-71)87(106-64-74-47-25-9-26-48-74)91(114-93(99)77-53-31-12-32-54-77)96(112-82)115-88-85(104-62-72-43-21-7-22-44-72)81(110-94(100)89(88)107-65-75-49-27-10-28-50-75)67-108-95-90(113-92(98)76-51-29-11-30-52-76)86(105-63-73-45-23-8-24-46-73)83(102-60-70-39-17-5-18-40-70)80(111-95)66-101-59-69-37-15-4-16-38-69/h4-58,80-91,94-96,100H,59-68H2,1-3H3/t80-,81-,82-,83-,84-,85-,86+,87+,88+,89+,90+,91+,94+,95+,96-/m1/s1. The maximum Gasteiger partial charge on any atom is 0.338 e. The number of carbonyl (C=O) groups excluding carboxylic acids is 2. The van der Waals surface area contributed by atoms with Gasteiger partial charge in [0.2, 0.25) is 0 Å². The van der Waals surface area contributed by atoms with Gasteiger partial charge in [0.15, 0.2) is 31.1 Å². The first-order chi connectivity index (χ1) is 56.9. The van der Waals surface area contributed by atoms with Crippen molar-refractivity contribution >= 4 is 30.6 Å². The van der Waals surface area contributed by atoms with E-state index in [9.17, 15) is 9.90 Å². The van der Waals surface area contributed by atoms with E-state index in [1.165, 1.54) is 0 Å². The van der Waals surface area contributed by atoms with Crippen molar-refractivity contribution in [3.63, 3.8) is 0 Å². The van der Waals surface area contributed by atoms with Gasteiger partial charge in [-0.1, -0.05) is 330 Å². The summed E-state index contributed by atoms with van der Waals surface area (Å²) in [5, 5.41) is 14.7. The number of benzene rings is 11. The Morgan fingerprint density at radius 2 is 0.586 bits per heavy atom. The van der Waals surface area contributed by atoms with Crippen molar-refractivity contribution in [1.29, 1.82) is 0 Å². The number of esters is 2. The van der Waals surface area contributed by atoms with Crippen LogP contribution in [0, 0.1) is 0 Å². The van der Waals surface area contributed by atoms with E-state index in [1.807, 2.05) is 261 Å². The zero-order valence-corrected chi connectivity index (χ0v) is 66.4. The summed E-state index contributed by atoms with van der Waals surface area (Å²) in [6.07, 6.45) is -19.5. The van der Waals surface area contributed by atoms with Gasteiger partial charge in [-0.25, -0.2) is 9.59 Å². The quantitative estimate of drug-likeness (QED) is 0.0288. The van der Waals surface area contributed by atoms with Crippen molar-refractivity contribution in [2.75, 3.05) is 19.8 Å². The van der Waals surface area contributed by atoms with Crippen molar-refractivity contribution < 1.29 is 85.4 Å². The molecule has 3 heterocycles. The summed E-state index contributed by atoms with van der Waals surface area (Å²) in [4.78, 5) is 30.3. The predicted octanol–water partition coefficient (Wildman–Crippen LogP) is 15.3. The second-order valence-electron chi connectivity index (χ2n) is 30.1. The molecule has 0 aromatic heterocycles. The molecule has 3 aliphatic rings.